The summed E-state index contributed by atoms with van der Waals surface area (Å²) in [6, 6.07) is 9.73. The Kier molecular flexibility index (Phi) is 4.01. The highest BCUT2D eigenvalue weighted by molar-refractivity contribution is 5.94. The van der Waals surface area contributed by atoms with Gasteiger partial charge in [-0.05, 0) is 30.3 Å². The molecule has 1 fully saturated rings. The van der Waals surface area contributed by atoms with Gasteiger partial charge in [0.15, 0.2) is 5.76 Å². The molecule has 0 bridgehead atoms. The van der Waals surface area contributed by atoms with E-state index in [9.17, 15) is 9.18 Å². The van der Waals surface area contributed by atoms with Gasteiger partial charge in [0.1, 0.15) is 12.4 Å². The summed E-state index contributed by atoms with van der Waals surface area (Å²) in [7, 11) is 0. The monoisotopic (exact) mass is 289 g/mol. The Morgan fingerprint density at radius 3 is 2.71 bits per heavy atom. The van der Waals surface area contributed by atoms with E-state index in [0.29, 0.717) is 18.7 Å². The van der Waals surface area contributed by atoms with Gasteiger partial charge >= 0.3 is 0 Å². The molecule has 4 nitrogen and oxygen atoms in total. The first-order valence-electron chi connectivity index (χ1n) is 7.13. The smallest absolute Gasteiger partial charge is 0.254 e. The molecule has 1 saturated heterocycles. The van der Waals surface area contributed by atoms with Gasteiger partial charge in [-0.25, -0.2) is 4.39 Å². The van der Waals surface area contributed by atoms with Crippen LogP contribution < -0.4 is 4.90 Å². The first-order valence-corrected chi connectivity index (χ1v) is 7.13. The van der Waals surface area contributed by atoms with E-state index >= 15 is 0 Å². The van der Waals surface area contributed by atoms with Crippen LogP contribution in [0.5, 0.6) is 0 Å². The Balaban J connectivity index is 1.57. The number of hydrogen-bond donors (Lipinski definition) is 1. The summed E-state index contributed by atoms with van der Waals surface area (Å²) in [4.78, 5) is 15.5. The second-order valence-corrected chi connectivity index (χ2v) is 5.31. The zero-order valence-electron chi connectivity index (χ0n) is 11.7. The predicted octanol–water partition coefficient (Wildman–Crippen LogP) is 0.960. The van der Waals surface area contributed by atoms with E-state index in [-0.39, 0.29) is 11.7 Å². The van der Waals surface area contributed by atoms with Crippen LogP contribution in [0.25, 0.3) is 0 Å². The fraction of sp³-hybridized carbons (Fsp3) is 0.312. The molecule has 0 saturated carbocycles. The van der Waals surface area contributed by atoms with Crippen molar-refractivity contribution in [2.45, 2.75) is 6.54 Å². The molecular formula is C16H18FN2O2+. The molecular weight excluding hydrogens is 271 g/mol. The van der Waals surface area contributed by atoms with Crippen molar-refractivity contribution >= 4 is 5.91 Å². The van der Waals surface area contributed by atoms with Crippen molar-refractivity contribution in [1.29, 1.82) is 0 Å². The summed E-state index contributed by atoms with van der Waals surface area (Å²) < 4.78 is 18.5. The minimum Gasteiger partial charge on any atom is -0.463 e. The molecule has 3 rings (SSSR count). The number of halogens is 1. The maximum atomic E-state index is 13.2. The SMILES string of the molecule is O=C(c1cccc(F)c1)N1CC[NH+](Cc2ccco2)CC1. The molecule has 1 aliphatic rings. The Bertz CT molecular complexity index is 604. The van der Waals surface area contributed by atoms with Gasteiger partial charge in [-0.15, -0.1) is 0 Å². The first kappa shape index (κ1) is 13.8. The van der Waals surface area contributed by atoms with Crippen LogP contribution in [0.15, 0.2) is 47.1 Å². The van der Waals surface area contributed by atoms with Crippen LogP contribution in [0, 0.1) is 5.82 Å². The highest BCUT2D eigenvalue weighted by atomic mass is 19.1. The Hall–Kier alpha value is -2.14. The Morgan fingerprint density at radius 1 is 1.24 bits per heavy atom. The number of piperazine rings is 1. The molecule has 110 valence electrons. The van der Waals surface area contributed by atoms with Crippen LogP contribution in [-0.2, 0) is 6.54 Å². The molecule has 5 heteroatoms. The lowest BCUT2D eigenvalue weighted by molar-refractivity contribution is -0.918. The van der Waals surface area contributed by atoms with Crippen LogP contribution in [-0.4, -0.2) is 37.0 Å². The number of furan rings is 1. The van der Waals surface area contributed by atoms with Crippen molar-refractivity contribution in [2.75, 3.05) is 26.2 Å². The van der Waals surface area contributed by atoms with Gasteiger partial charge in [0.2, 0.25) is 0 Å². The summed E-state index contributed by atoms with van der Waals surface area (Å²) in [6.07, 6.45) is 1.68. The van der Waals surface area contributed by atoms with Crippen LogP contribution in [0.1, 0.15) is 16.1 Å². The van der Waals surface area contributed by atoms with Gasteiger partial charge in [0.25, 0.3) is 5.91 Å². The van der Waals surface area contributed by atoms with E-state index in [0.717, 1.165) is 25.4 Å². The van der Waals surface area contributed by atoms with Crippen molar-refractivity contribution < 1.29 is 18.5 Å². The molecule has 1 aromatic heterocycles. The highest BCUT2D eigenvalue weighted by Crippen LogP contribution is 2.08. The van der Waals surface area contributed by atoms with Crippen molar-refractivity contribution in [3.63, 3.8) is 0 Å². The molecule has 21 heavy (non-hydrogen) atoms. The number of benzene rings is 1. The third-order valence-electron chi connectivity index (χ3n) is 3.83. The largest absolute Gasteiger partial charge is 0.463 e. The third-order valence-corrected chi connectivity index (χ3v) is 3.83. The second-order valence-electron chi connectivity index (χ2n) is 5.31. The molecule has 0 atom stereocenters. The normalized spacial score (nSPS) is 16.1. The zero-order chi connectivity index (χ0) is 14.7. The van der Waals surface area contributed by atoms with Gasteiger partial charge in [-0.1, -0.05) is 6.07 Å². The molecule has 0 radical (unpaired) electrons. The summed E-state index contributed by atoms with van der Waals surface area (Å²) in [6.45, 7) is 3.97. The number of quaternary nitrogens is 1. The standard InChI is InChI=1S/C16H17FN2O2/c17-14-4-1-3-13(11-14)16(20)19-8-6-18(7-9-19)12-15-5-2-10-21-15/h1-5,10-11H,6-9,12H2/p+1. The van der Waals surface area contributed by atoms with Gasteiger partial charge in [0, 0.05) is 5.56 Å². The maximum Gasteiger partial charge on any atom is 0.254 e. The molecule has 1 aliphatic heterocycles. The molecule has 2 heterocycles. The fourth-order valence-corrected chi connectivity index (χ4v) is 2.67. The number of nitrogens with one attached hydrogen (secondary N) is 1. The highest BCUT2D eigenvalue weighted by Gasteiger charge is 2.25. The van der Waals surface area contributed by atoms with E-state index < -0.39 is 0 Å². The quantitative estimate of drug-likeness (QED) is 0.914. The van der Waals surface area contributed by atoms with Crippen LogP contribution in [0.4, 0.5) is 4.39 Å². The second kappa shape index (κ2) is 6.10. The minimum absolute atomic E-state index is 0.0912. The molecule has 0 spiro atoms. The fourth-order valence-electron chi connectivity index (χ4n) is 2.67. The van der Waals surface area contributed by atoms with E-state index in [1.165, 1.54) is 17.0 Å². The topological polar surface area (TPSA) is 37.9 Å². The summed E-state index contributed by atoms with van der Waals surface area (Å²) in [5, 5.41) is 0. The Labute approximate surface area is 122 Å². The zero-order valence-corrected chi connectivity index (χ0v) is 11.7. The molecule has 0 unspecified atom stereocenters. The van der Waals surface area contributed by atoms with Crippen molar-refractivity contribution in [3.8, 4) is 0 Å². The van der Waals surface area contributed by atoms with Crippen LogP contribution in [0.2, 0.25) is 0 Å². The Morgan fingerprint density at radius 2 is 2.05 bits per heavy atom. The van der Waals surface area contributed by atoms with Crippen molar-refractivity contribution in [1.82, 2.24) is 4.90 Å². The van der Waals surface area contributed by atoms with E-state index in [1.807, 2.05) is 12.1 Å². The molecule has 1 N–H and O–H groups in total. The van der Waals surface area contributed by atoms with Crippen molar-refractivity contribution in [2.24, 2.45) is 0 Å². The van der Waals surface area contributed by atoms with E-state index in [1.54, 1.807) is 23.3 Å². The number of carbonyl (C=O) groups is 1. The van der Waals surface area contributed by atoms with Gasteiger partial charge in [0.05, 0.1) is 32.4 Å². The van der Waals surface area contributed by atoms with Crippen LogP contribution in [0.3, 0.4) is 0 Å². The molecule has 2 aromatic rings. The molecule has 1 amide bonds. The van der Waals surface area contributed by atoms with Gasteiger partial charge in [-0.3, -0.25) is 4.79 Å². The number of nitrogens with zero attached hydrogens (tertiary/aromatic N) is 1. The van der Waals surface area contributed by atoms with E-state index in [2.05, 4.69) is 0 Å². The van der Waals surface area contributed by atoms with Crippen molar-refractivity contribution in [3.05, 3.63) is 59.8 Å². The number of amides is 1. The van der Waals surface area contributed by atoms with Gasteiger partial charge in [-0.2, -0.15) is 0 Å². The minimum atomic E-state index is -0.372. The average molecular weight is 289 g/mol. The third kappa shape index (κ3) is 3.31. The lowest BCUT2D eigenvalue weighted by Gasteiger charge is -2.31. The van der Waals surface area contributed by atoms with E-state index in [4.69, 9.17) is 4.42 Å². The maximum absolute atomic E-state index is 13.2. The number of carbonyl (C=O) groups excluding carboxylic acids is 1. The first-order chi connectivity index (χ1) is 10.2. The predicted molar refractivity (Wildman–Crippen MR) is 75.4 cm³/mol. The number of hydrogen-bond acceptors (Lipinski definition) is 2. The molecule has 0 aliphatic carbocycles. The average Bonchev–Trinajstić information content (AvgIpc) is 3.00. The lowest BCUT2D eigenvalue weighted by Crippen LogP contribution is -3.13. The van der Waals surface area contributed by atoms with Crippen LogP contribution >= 0.6 is 0 Å². The number of rotatable bonds is 3. The summed E-state index contributed by atoms with van der Waals surface area (Å²) in [5.41, 5.74) is 0.421. The lowest BCUT2D eigenvalue weighted by atomic mass is 10.1. The molecule has 1 aromatic carbocycles. The van der Waals surface area contributed by atoms with Gasteiger partial charge < -0.3 is 14.2 Å². The summed E-state index contributed by atoms with van der Waals surface area (Å²) >= 11 is 0. The summed E-state index contributed by atoms with van der Waals surface area (Å²) in [5.74, 6) is 0.504.